The van der Waals surface area contributed by atoms with E-state index in [1.54, 1.807) is 0 Å². The van der Waals surface area contributed by atoms with Crippen molar-refractivity contribution < 1.29 is 4.79 Å². The monoisotopic (exact) mass is 251 g/mol. The van der Waals surface area contributed by atoms with Crippen LogP contribution in [0.15, 0.2) is 0 Å². The normalized spacial score (nSPS) is 12.4. The van der Waals surface area contributed by atoms with Gasteiger partial charge in [-0.05, 0) is 19.0 Å². The molecule has 0 aliphatic carbocycles. The molecule has 0 radical (unpaired) electrons. The molecule has 0 aliphatic rings. The molecule has 0 heterocycles. The van der Waals surface area contributed by atoms with E-state index in [9.17, 15) is 4.79 Å². The molecule has 0 saturated heterocycles. The van der Waals surface area contributed by atoms with Crippen LogP contribution in [0.5, 0.6) is 0 Å². The molecule has 1 atom stereocenters. The van der Waals surface area contributed by atoms with Crippen molar-refractivity contribution in [2.24, 2.45) is 11.7 Å². The molecule has 0 fully saturated rings. The van der Waals surface area contributed by atoms with E-state index in [-0.39, 0.29) is 30.3 Å². The number of carbonyl (C=O) groups excluding carboxylic acids is 1. The fraction of sp³-hybridized carbons (Fsp3) is 0.909. The Morgan fingerprint density at radius 3 is 2.19 bits per heavy atom. The fourth-order valence-corrected chi connectivity index (χ4v) is 1.30. The van der Waals surface area contributed by atoms with Crippen LogP contribution in [-0.4, -0.2) is 43.0 Å². The Labute approximate surface area is 105 Å². The van der Waals surface area contributed by atoms with Gasteiger partial charge in [0.15, 0.2) is 0 Å². The predicted molar refractivity (Wildman–Crippen MR) is 70.9 cm³/mol. The Balaban J connectivity index is 0. The van der Waals surface area contributed by atoms with Gasteiger partial charge in [0.1, 0.15) is 0 Å². The first-order valence-corrected chi connectivity index (χ1v) is 5.78. The third kappa shape index (κ3) is 7.04. The highest BCUT2D eigenvalue weighted by Gasteiger charge is 2.16. The van der Waals surface area contributed by atoms with E-state index in [0.29, 0.717) is 6.54 Å². The largest absolute Gasteiger partial charge is 0.353 e. The van der Waals surface area contributed by atoms with Crippen LogP contribution >= 0.6 is 12.4 Å². The summed E-state index contributed by atoms with van der Waals surface area (Å²) >= 11 is 0. The number of likely N-dealkylation sites (N-methyl/N-ethyl adjacent to an activating group) is 1. The van der Waals surface area contributed by atoms with Gasteiger partial charge in [0, 0.05) is 13.1 Å². The molecule has 0 aromatic heterocycles. The maximum atomic E-state index is 11.5. The number of halogens is 1. The molecule has 0 aromatic carbocycles. The molecule has 1 amide bonds. The second kappa shape index (κ2) is 9.87. The Kier molecular flexibility index (Phi) is 11.1. The minimum Gasteiger partial charge on any atom is -0.353 e. The average molecular weight is 252 g/mol. The van der Waals surface area contributed by atoms with Crippen LogP contribution in [0.1, 0.15) is 27.7 Å². The SMILES string of the molecule is CCN(CC)CCNC(=O)[C@@H](N)C(C)C.Cl. The molecule has 0 unspecified atom stereocenters. The zero-order valence-electron chi connectivity index (χ0n) is 10.8. The molecular formula is C11H26ClN3O. The lowest BCUT2D eigenvalue weighted by Crippen LogP contribution is -2.46. The van der Waals surface area contributed by atoms with Gasteiger partial charge in [0.25, 0.3) is 0 Å². The zero-order chi connectivity index (χ0) is 11.8. The fourth-order valence-electron chi connectivity index (χ4n) is 1.30. The number of nitrogens with zero attached hydrogens (tertiary/aromatic N) is 1. The topological polar surface area (TPSA) is 58.4 Å². The van der Waals surface area contributed by atoms with Crippen molar-refractivity contribution in [3.8, 4) is 0 Å². The lowest BCUT2D eigenvalue weighted by atomic mass is 10.1. The highest BCUT2D eigenvalue weighted by molar-refractivity contribution is 5.85. The maximum Gasteiger partial charge on any atom is 0.237 e. The van der Waals surface area contributed by atoms with Crippen molar-refractivity contribution in [2.75, 3.05) is 26.2 Å². The molecule has 5 heteroatoms. The predicted octanol–water partition coefficient (Wildman–Crippen LogP) is 0.849. The van der Waals surface area contributed by atoms with E-state index in [1.165, 1.54) is 0 Å². The molecular weight excluding hydrogens is 226 g/mol. The van der Waals surface area contributed by atoms with E-state index >= 15 is 0 Å². The number of carbonyl (C=O) groups is 1. The van der Waals surface area contributed by atoms with Gasteiger partial charge < -0.3 is 16.0 Å². The number of hydrogen-bond acceptors (Lipinski definition) is 3. The van der Waals surface area contributed by atoms with Gasteiger partial charge in [-0.2, -0.15) is 0 Å². The van der Waals surface area contributed by atoms with Gasteiger partial charge in [0.05, 0.1) is 6.04 Å². The standard InChI is InChI=1S/C11H25N3O.ClH/c1-5-14(6-2)8-7-13-11(15)10(12)9(3)4;/h9-10H,5-8,12H2,1-4H3,(H,13,15);1H/t10-;/m0./s1. The highest BCUT2D eigenvalue weighted by Crippen LogP contribution is 1.97. The number of nitrogens with one attached hydrogen (secondary N) is 1. The van der Waals surface area contributed by atoms with Crippen LogP contribution in [-0.2, 0) is 4.79 Å². The lowest BCUT2D eigenvalue weighted by Gasteiger charge is -2.20. The van der Waals surface area contributed by atoms with Crippen molar-refractivity contribution in [2.45, 2.75) is 33.7 Å². The van der Waals surface area contributed by atoms with E-state index in [0.717, 1.165) is 19.6 Å². The molecule has 0 saturated carbocycles. The van der Waals surface area contributed by atoms with Crippen molar-refractivity contribution in [1.82, 2.24) is 10.2 Å². The minimum absolute atomic E-state index is 0. The first kappa shape index (κ1) is 18.1. The van der Waals surface area contributed by atoms with Gasteiger partial charge in [-0.15, -0.1) is 12.4 Å². The summed E-state index contributed by atoms with van der Waals surface area (Å²) in [5.74, 6) is 0.149. The van der Waals surface area contributed by atoms with Crippen LogP contribution in [0.25, 0.3) is 0 Å². The molecule has 98 valence electrons. The smallest absolute Gasteiger partial charge is 0.237 e. The summed E-state index contributed by atoms with van der Waals surface area (Å²) in [5.41, 5.74) is 5.72. The molecule has 0 rings (SSSR count). The van der Waals surface area contributed by atoms with E-state index in [1.807, 2.05) is 13.8 Å². The Morgan fingerprint density at radius 2 is 1.81 bits per heavy atom. The van der Waals surface area contributed by atoms with Crippen LogP contribution in [0, 0.1) is 5.92 Å². The highest BCUT2D eigenvalue weighted by atomic mass is 35.5. The molecule has 0 spiro atoms. The summed E-state index contributed by atoms with van der Waals surface area (Å²) in [4.78, 5) is 13.8. The van der Waals surface area contributed by atoms with E-state index in [2.05, 4.69) is 24.1 Å². The molecule has 16 heavy (non-hydrogen) atoms. The minimum atomic E-state index is -0.387. The van der Waals surface area contributed by atoms with Gasteiger partial charge in [-0.1, -0.05) is 27.7 Å². The van der Waals surface area contributed by atoms with Crippen LogP contribution in [0.4, 0.5) is 0 Å². The first-order valence-electron chi connectivity index (χ1n) is 5.78. The molecule has 0 bridgehead atoms. The van der Waals surface area contributed by atoms with Gasteiger partial charge >= 0.3 is 0 Å². The summed E-state index contributed by atoms with van der Waals surface area (Å²) in [7, 11) is 0. The maximum absolute atomic E-state index is 11.5. The first-order chi connectivity index (χ1) is 7.02. The van der Waals surface area contributed by atoms with Crippen molar-refractivity contribution in [3.05, 3.63) is 0 Å². The second-order valence-electron chi connectivity index (χ2n) is 4.09. The summed E-state index contributed by atoms with van der Waals surface area (Å²) in [6.07, 6.45) is 0. The number of nitrogens with two attached hydrogens (primary N) is 1. The Bertz CT molecular complexity index is 184. The molecule has 0 aromatic rings. The average Bonchev–Trinajstić information content (AvgIpc) is 2.22. The Hall–Kier alpha value is -0.320. The quantitative estimate of drug-likeness (QED) is 0.705. The molecule has 4 nitrogen and oxygen atoms in total. The number of hydrogen-bond donors (Lipinski definition) is 2. The second-order valence-corrected chi connectivity index (χ2v) is 4.09. The summed E-state index contributed by atoms with van der Waals surface area (Å²) in [5, 5.41) is 2.86. The van der Waals surface area contributed by atoms with Crippen LogP contribution < -0.4 is 11.1 Å². The summed E-state index contributed by atoms with van der Waals surface area (Å²) in [6.45, 7) is 11.7. The Morgan fingerprint density at radius 1 is 1.31 bits per heavy atom. The number of rotatable bonds is 7. The summed E-state index contributed by atoms with van der Waals surface area (Å²) < 4.78 is 0. The number of amides is 1. The van der Waals surface area contributed by atoms with Crippen LogP contribution in [0.2, 0.25) is 0 Å². The van der Waals surface area contributed by atoms with Crippen molar-refractivity contribution in [1.29, 1.82) is 0 Å². The molecule has 0 aliphatic heterocycles. The zero-order valence-corrected chi connectivity index (χ0v) is 11.6. The van der Waals surface area contributed by atoms with Gasteiger partial charge in [-0.25, -0.2) is 0 Å². The van der Waals surface area contributed by atoms with Crippen molar-refractivity contribution in [3.63, 3.8) is 0 Å². The van der Waals surface area contributed by atoms with Gasteiger partial charge in [-0.3, -0.25) is 4.79 Å². The summed E-state index contributed by atoms with van der Waals surface area (Å²) in [6, 6.07) is -0.387. The third-order valence-electron chi connectivity index (χ3n) is 2.64. The van der Waals surface area contributed by atoms with Crippen molar-refractivity contribution >= 4 is 18.3 Å². The third-order valence-corrected chi connectivity index (χ3v) is 2.64. The van der Waals surface area contributed by atoms with E-state index in [4.69, 9.17) is 5.73 Å². The van der Waals surface area contributed by atoms with Crippen LogP contribution in [0.3, 0.4) is 0 Å². The lowest BCUT2D eigenvalue weighted by molar-refractivity contribution is -0.123. The van der Waals surface area contributed by atoms with E-state index < -0.39 is 0 Å². The van der Waals surface area contributed by atoms with Gasteiger partial charge in [0.2, 0.25) is 5.91 Å². The molecule has 3 N–H and O–H groups in total.